The van der Waals surface area contributed by atoms with E-state index in [1.165, 1.54) is 6.20 Å². The average molecular weight is 466 g/mol. The molecule has 35 heavy (non-hydrogen) atoms. The van der Waals surface area contributed by atoms with Crippen LogP contribution in [0.25, 0.3) is 10.9 Å². The third kappa shape index (κ3) is 5.43. The summed E-state index contributed by atoms with van der Waals surface area (Å²) in [7, 11) is 2.06. The molecule has 0 saturated carbocycles. The van der Waals surface area contributed by atoms with Gasteiger partial charge in [-0.15, -0.1) is 6.42 Å². The first-order valence-electron chi connectivity index (χ1n) is 11.5. The molecule has 0 spiro atoms. The van der Waals surface area contributed by atoms with Crippen LogP contribution in [0.4, 0.5) is 17.1 Å². The van der Waals surface area contributed by atoms with E-state index in [-0.39, 0.29) is 11.9 Å². The summed E-state index contributed by atoms with van der Waals surface area (Å²) in [5.41, 5.74) is 3.54. The zero-order valence-electron chi connectivity index (χ0n) is 19.8. The highest BCUT2D eigenvalue weighted by Crippen LogP contribution is 2.36. The molecule has 1 saturated heterocycles. The number of rotatable bonds is 7. The molecule has 7 heteroatoms. The molecule has 1 atom stereocenters. The lowest BCUT2D eigenvalue weighted by atomic mass is 10.1. The maximum absolute atomic E-state index is 12.8. The third-order valence-corrected chi connectivity index (χ3v) is 5.99. The summed E-state index contributed by atoms with van der Waals surface area (Å²) in [5.74, 6) is 2.88. The maximum Gasteiger partial charge on any atom is 0.248 e. The SMILES string of the molecule is C#Cc1cccc(Nc2c(C#N)cnc3cc(OCC)c(NC(=O)/C=C/C4CCCN4C)cc23)c1. The number of aromatic nitrogens is 1. The molecule has 2 heterocycles. The standard InChI is InChI=1S/C28H27N5O2/c1-4-19-8-6-9-21(14-19)31-28-20(17-29)18-30-24-16-26(35-5-2)25(15-23(24)28)32-27(34)12-11-22-10-7-13-33(22)3/h1,6,8-9,11-12,14-16,18,22H,5,7,10,13H2,2-3H3,(H,30,31)(H,32,34)/b12-11+. The number of likely N-dealkylation sites (N-methyl/N-ethyl adjacent to an activating group) is 1. The maximum atomic E-state index is 12.8. The van der Waals surface area contributed by atoms with Crippen LogP contribution in [-0.2, 0) is 4.79 Å². The monoisotopic (exact) mass is 465 g/mol. The van der Waals surface area contributed by atoms with Crippen LogP contribution in [-0.4, -0.2) is 42.0 Å². The van der Waals surface area contributed by atoms with Crippen LogP contribution in [0, 0.1) is 23.7 Å². The Morgan fingerprint density at radius 2 is 2.23 bits per heavy atom. The molecular weight excluding hydrogens is 438 g/mol. The van der Waals surface area contributed by atoms with Crippen LogP contribution in [0.15, 0.2) is 54.7 Å². The molecule has 3 aromatic rings. The highest BCUT2D eigenvalue weighted by molar-refractivity contribution is 6.04. The second-order valence-electron chi connectivity index (χ2n) is 8.35. The van der Waals surface area contributed by atoms with Gasteiger partial charge in [-0.2, -0.15) is 5.26 Å². The fraction of sp³-hybridized carbons (Fsp3) is 0.250. The predicted octanol–water partition coefficient (Wildman–Crippen LogP) is 4.82. The van der Waals surface area contributed by atoms with E-state index in [1.54, 1.807) is 18.2 Å². The molecule has 1 aromatic heterocycles. The average Bonchev–Trinajstić information content (AvgIpc) is 3.28. The summed E-state index contributed by atoms with van der Waals surface area (Å²) in [6.45, 7) is 3.34. The Morgan fingerprint density at radius 1 is 1.37 bits per heavy atom. The number of nitrogens with zero attached hydrogens (tertiary/aromatic N) is 3. The van der Waals surface area contributed by atoms with Gasteiger partial charge in [0, 0.05) is 41.0 Å². The number of pyridine rings is 1. The number of hydrogen-bond donors (Lipinski definition) is 2. The molecule has 0 radical (unpaired) electrons. The van der Waals surface area contributed by atoms with E-state index in [1.807, 2.05) is 37.3 Å². The molecule has 7 nitrogen and oxygen atoms in total. The number of nitriles is 1. The number of hydrogen-bond acceptors (Lipinski definition) is 6. The van der Waals surface area contributed by atoms with Crippen LogP contribution < -0.4 is 15.4 Å². The molecule has 4 rings (SSSR count). The van der Waals surface area contributed by atoms with Gasteiger partial charge in [-0.05, 0) is 57.6 Å². The molecule has 176 valence electrons. The summed E-state index contributed by atoms with van der Waals surface area (Å²) in [6, 6.07) is 13.4. The van der Waals surface area contributed by atoms with Crippen molar-refractivity contribution in [3.63, 3.8) is 0 Å². The Balaban J connectivity index is 1.72. The molecule has 0 bridgehead atoms. The topological polar surface area (TPSA) is 90.3 Å². The summed E-state index contributed by atoms with van der Waals surface area (Å²) in [4.78, 5) is 19.4. The summed E-state index contributed by atoms with van der Waals surface area (Å²) < 4.78 is 5.79. The van der Waals surface area contributed by atoms with Crippen molar-refractivity contribution in [2.24, 2.45) is 0 Å². The van der Waals surface area contributed by atoms with Crippen molar-refractivity contribution in [2.75, 3.05) is 30.8 Å². The highest BCUT2D eigenvalue weighted by Gasteiger charge is 2.19. The van der Waals surface area contributed by atoms with Crippen molar-refractivity contribution in [1.29, 1.82) is 5.26 Å². The summed E-state index contributed by atoms with van der Waals surface area (Å²) in [6.07, 6.45) is 12.7. The molecule has 2 N–H and O–H groups in total. The zero-order chi connectivity index (χ0) is 24.8. The second-order valence-corrected chi connectivity index (χ2v) is 8.35. The smallest absolute Gasteiger partial charge is 0.248 e. The van der Waals surface area contributed by atoms with Crippen molar-refractivity contribution in [3.05, 3.63) is 65.9 Å². The van der Waals surface area contributed by atoms with Crippen LogP contribution in [0.3, 0.4) is 0 Å². The van der Waals surface area contributed by atoms with Crippen LogP contribution in [0.2, 0.25) is 0 Å². The number of amides is 1. The Bertz CT molecular complexity index is 1370. The second kappa shape index (κ2) is 10.7. The van der Waals surface area contributed by atoms with Gasteiger partial charge in [0.2, 0.25) is 5.91 Å². The minimum Gasteiger partial charge on any atom is -0.492 e. The Morgan fingerprint density at radius 3 is 2.94 bits per heavy atom. The summed E-state index contributed by atoms with van der Waals surface area (Å²) in [5, 5.41) is 16.7. The molecular formula is C28H27N5O2. The fourth-order valence-corrected chi connectivity index (χ4v) is 4.20. The minimum atomic E-state index is -0.244. The van der Waals surface area contributed by atoms with Gasteiger partial charge in [-0.1, -0.05) is 18.1 Å². The predicted molar refractivity (Wildman–Crippen MR) is 139 cm³/mol. The molecule has 1 fully saturated rings. The molecule has 0 aliphatic carbocycles. The van der Waals surface area contributed by atoms with Crippen LogP contribution in [0.1, 0.15) is 30.9 Å². The minimum absolute atomic E-state index is 0.244. The Hall–Kier alpha value is -4.33. The number of likely N-dealkylation sites (tertiary alicyclic amines) is 1. The zero-order valence-corrected chi connectivity index (χ0v) is 19.8. The number of nitrogens with one attached hydrogen (secondary N) is 2. The van der Waals surface area contributed by atoms with Crippen molar-refractivity contribution in [2.45, 2.75) is 25.8 Å². The number of ether oxygens (including phenoxy) is 1. The van der Waals surface area contributed by atoms with Crippen molar-refractivity contribution >= 4 is 33.9 Å². The Labute approximate surface area is 205 Å². The summed E-state index contributed by atoms with van der Waals surface area (Å²) >= 11 is 0. The normalized spacial score (nSPS) is 15.6. The largest absolute Gasteiger partial charge is 0.492 e. The van der Waals surface area contributed by atoms with E-state index in [4.69, 9.17) is 11.2 Å². The number of carbonyl (C=O) groups excluding carboxylic acids is 1. The number of benzene rings is 2. The number of terminal acetylenes is 1. The first kappa shape index (κ1) is 23.8. The molecule has 1 aliphatic rings. The van der Waals surface area contributed by atoms with E-state index in [9.17, 15) is 10.1 Å². The van der Waals surface area contributed by atoms with E-state index in [2.05, 4.69) is 39.6 Å². The number of carbonyl (C=O) groups is 1. The first-order valence-corrected chi connectivity index (χ1v) is 11.5. The molecule has 2 aromatic carbocycles. The van der Waals surface area contributed by atoms with Gasteiger partial charge < -0.3 is 15.4 Å². The van der Waals surface area contributed by atoms with Gasteiger partial charge in [0.05, 0.1) is 29.1 Å². The van der Waals surface area contributed by atoms with E-state index in [0.29, 0.717) is 40.2 Å². The third-order valence-electron chi connectivity index (χ3n) is 5.99. The van der Waals surface area contributed by atoms with Crippen molar-refractivity contribution < 1.29 is 9.53 Å². The molecule has 1 aliphatic heterocycles. The molecule has 1 unspecified atom stereocenters. The van der Waals surface area contributed by atoms with E-state index < -0.39 is 0 Å². The van der Waals surface area contributed by atoms with Gasteiger partial charge in [0.15, 0.2) is 0 Å². The molecule has 1 amide bonds. The van der Waals surface area contributed by atoms with Gasteiger partial charge in [-0.3, -0.25) is 14.7 Å². The Kier molecular flexibility index (Phi) is 7.30. The van der Waals surface area contributed by atoms with Gasteiger partial charge in [-0.25, -0.2) is 0 Å². The first-order chi connectivity index (χ1) is 17.0. The lowest BCUT2D eigenvalue weighted by molar-refractivity contribution is -0.111. The van der Waals surface area contributed by atoms with Crippen LogP contribution in [0.5, 0.6) is 5.75 Å². The highest BCUT2D eigenvalue weighted by atomic mass is 16.5. The number of anilines is 3. The van der Waals surface area contributed by atoms with Crippen LogP contribution >= 0.6 is 0 Å². The number of fused-ring (bicyclic) bond motifs is 1. The lowest BCUT2D eigenvalue weighted by Gasteiger charge is -2.16. The van der Waals surface area contributed by atoms with Crippen molar-refractivity contribution in [1.82, 2.24) is 9.88 Å². The quantitative estimate of drug-likeness (QED) is 0.384. The van der Waals surface area contributed by atoms with E-state index >= 15 is 0 Å². The van der Waals surface area contributed by atoms with Gasteiger partial charge in [0.25, 0.3) is 0 Å². The lowest BCUT2D eigenvalue weighted by Crippen LogP contribution is -2.23. The van der Waals surface area contributed by atoms with E-state index in [0.717, 1.165) is 30.6 Å². The van der Waals surface area contributed by atoms with Gasteiger partial charge >= 0.3 is 0 Å². The van der Waals surface area contributed by atoms with Crippen molar-refractivity contribution in [3.8, 4) is 24.2 Å². The fourth-order valence-electron chi connectivity index (χ4n) is 4.20. The van der Waals surface area contributed by atoms with Gasteiger partial charge in [0.1, 0.15) is 11.8 Å².